The standard InChI is InChI=1S/C19H21N5O4S/c1-13-15(18(26)24(23(13)2)14-9-5-3-6-10-14)21-22-17-16(25)20-19(29(17,27)28)11-7-4-8-12-19/h3,5-6,9-10H,4,7-8,11-12H2,1-2H3/p+1. The second-order valence-electron chi connectivity index (χ2n) is 7.43. The number of hydrazine groups is 1. The minimum atomic E-state index is -3.97. The normalized spacial score (nSPS) is 26.1. The number of hydrogen-bond donors (Lipinski definition) is 1. The molecule has 2 amide bonds. The number of sulfone groups is 1. The number of nitrogens with zero attached hydrogens (tertiary/aromatic N) is 4. The van der Waals surface area contributed by atoms with Gasteiger partial charge in [-0.15, -0.1) is 14.9 Å². The Morgan fingerprint density at radius 3 is 2.38 bits per heavy atom. The Hall–Kier alpha value is -2.88. The highest BCUT2D eigenvalue weighted by atomic mass is 32.2. The van der Waals surface area contributed by atoms with Crippen LogP contribution in [-0.2, 0) is 19.4 Å². The maximum Gasteiger partial charge on any atom is 0.340 e. The Labute approximate surface area is 168 Å². The van der Waals surface area contributed by atoms with E-state index in [2.05, 4.69) is 15.5 Å². The molecule has 1 saturated heterocycles. The predicted molar refractivity (Wildman–Crippen MR) is 109 cm³/mol. The van der Waals surface area contributed by atoms with Crippen molar-refractivity contribution in [1.29, 1.82) is 0 Å². The summed E-state index contributed by atoms with van der Waals surface area (Å²) in [5.41, 5.74) is 1.15. The molecule has 9 nitrogen and oxygen atoms in total. The lowest BCUT2D eigenvalue weighted by Gasteiger charge is -2.30. The molecule has 2 fully saturated rings. The summed E-state index contributed by atoms with van der Waals surface area (Å²) in [5, 5.41) is 11.1. The second-order valence-corrected chi connectivity index (χ2v) is 9.60. The average molecular weight is 416 g/mol. The first-order valence-electron chi connectivity index (χ1n) is 9.48. The van der Waals surface area contributed by atoms with Crippen LogP contribution in [0.5, 0.6) is 0 Å². The number of amides is 2. The van der Waals surface area contributed by atoms with Crippen molar-refractivity contribution in [2.75, 3.05) is 12.1 Å². The van der Waals surface area contributed by atoms with Gasteiger partial charge in [-0.25, -0.2) is 8.42 Å². The fourth-order valence-electron chi connectivity index (χ4n) is 4.02. The van der Waals surface area contributed by atoms with E-state index in [-0.39, 0.29) is 5.71 Å². The van der Waals surface area contributed by atoms with Gasteiger partial charge in [-0.1, -0.05) is 42.5 Å². The molecule has 0 atom stereocenters. The number of carbonyl (C=O) groups is 2. The highest BCUT2D eigenvalue weighted by Crippen LogP contribution is 2.37. The van der Waals surface area contributed by atoms with Crippen LogP contribution in [-0.4, -0.2) is 53.3 Å². The van der Waals surface area contributed by atoms with Crippen LogP contribution in [0.15, 0.2) is 40.5 Å². The zero-order valence-corrected chi connectivity index (χ0v) is 17.1. The molecule has 2 aliphatic heterocycles. The molecule has 0 aromatic heterocycles. The number of rotatable bonds is 2. The number of anilines is 1. The Morgan fingerprint density at radius 1 is 1.07 bits per heavy atom. The van der Waals surface area contributed by atoms with E-state index in [1.807, 2.05) is 6.07 Å². The van der Waals surface area contributed by atoms with Gasteiger partial charge in [-0.05, 0) is 25.0 Å². The van der Waals surface area contributed by atoms with Gasteiger partial charge in [0.1, 0.15) is 10.6 Å². The second kappa shape index (κ2) is 6.87. The maximum atomic E-state index is 13.0. The average Bonchev–Trinajstić information content (AvgIpc) is 3.02. The molecule has 0 bridgehead atoms. The van der Waals surface area contributed by atoms with Crippen molar-refractivity contribution in [2.24, 2.45) is 10.2 Å². The van der Waals surface area contributed by atoms with E-state index in [0.717, 1.165) is 19.3 Å². The molecule has 152 valence electrons. The lowest BCUT2D eigenvalue weighted by atomic mass is 9.95. The van der Waals surface area contributed by atoms with Gasteiger partial charge in [0.05, 0.1) is 0 Å². The van der Waals surface area contributed by atoms with E-state index in [0.29, 0.717) is 24.2 Å². The van der Waals surface area contributed by atoms with Gasteiger partial charge in [0.2, 0.25) is 26.3 Å². The van der Waals surface area contributed by atoms with Crippen molar-refractivity contribution in [3.05, 3.63) is 30.3 Å². The third kappa shape index (κ3) is 2.89. The maximum absolute atomic E-state index is 13.0. The van der Waals surface area contributed by atoms with Crippen molar-refractivity contribution in [1.82, 2.24) is 5.32 Å². The number of nitrogens with one attached hydrogen (secondary N) is 1. The Morgan fingerprint density at radius 2 is 1.72 bits per heavy atom. The van der Waals surface area contributed by atoms with Crippen LogP contribution in [0.3, 0.4) is 0 Å². The highest BCUT2D eigenvalue weighted by Gasteiger charge is 2.56. The molecule has 0 radical (unpaired) electrons. The summed E-state index contributed by atoms with van der Waals surface area (Å²) < 4.78 is 27.6. The Balaban J connectivity index is 1.71. The van der Waals surface area contributed by atoms with Crippen LogP contribution in [0.4, 0.5) is 5.69 Å². The van der Waals surface area contributed by atoms with Crippen molar-refractivity contribution < 1.29 is 22.7 Å². The van der Waals surface area contributed by atoms with Gasteiger partial charge in [-0.2, -0.15) is 0 Å². The van der Waals surface area contributed by atoms with Gasteiger partial charge in [0, 0.05) is 6.92 Å². The van der Waals surface area contributed by atoms with Gasteiger partial charge in [-0.3, -0.25) is 9.59 Å². The minimum absolute atomic E-state index is 0.00329. The fourth-order valence-corrected chi connectivity index (χ4v) is 5.88. The van der Waals surface area contributed by atoms with E-state index in [9.17, 15) is 18.0 Å². The van der Waals surface area contributed by atoms with E-state index in [1.165, 1.54) is 5.01 Å². The SMILES string of the molecule is CC1=[N+](C)N(c2ccccc2)C(=O)C1=NN=C1C(=O)NC2(CCCCC2)S1(=O)=O. The first kappa shape index (κ1) is 19.4. The molecule has 1 aliphatic carbocycles. The molecule has 1 aromatic carbocycles. The molecular formula is C19H22N5O4S+. The van der Waals surface area contributed by atoms with Crippen LogP contribution < -0.4 is 10.3 Å². The third-order valence-corrected chi connectivity index (χ3v) is 8.05. The molecule has 1 spiro atoms. The number of benzene rings is 1. The molecule has 2 heterocycles. The largest absolute Gasteiger partial charge is 0.340 e. The minimum Gasteiger partial charge on any atom is -0.331 e. The molecule has 0 unspecified atom stereocenters. The molecule has 29 heavy (non-hydrogen) atoms. The molecule has 1 N–H and O–H groups in total. The summed E-state index contributed by atoms with van der Waals surface area (Å²) in [6.07, 6.45) is 3.12. The van der Waals surface area contributed by atoms with Crippen LogP contribution in [0.25, 0.3) is 0 Å². The summed E-state index contributed by atoms with van der Waals surface area (Å²) in [6.45, 7) is 1.69. The first-order chi connectivity index (χ1) is 13.8. The number of carbonyl (C=O) groups excluding carboxylic acids is 2. The summed E-state index contributed by atoms with van der Waals surface area (Å²) in [6, 6.07) is 9.00. The Kier molecular flexibility index (Phi) is 4.60. The van der Waals surface area contributed by atoms with Crippen LogP contribution in [0, 0.1) is 0 Å². The summed E-state index contributed by atoms with van der Waals surface area (Å²) >= 11 is 0. The van der Waals surface area contributed by atoms with Gasteiger partial charge < -0.3 is 5.32 Å². The van der Waals surface area contributed by atoms with Gasteiger partial charge in [0.15, 0.2) is 7.05 Å². The third-order valence-electron chi connectivity index (χ3n) is 5.73. The molecule has 10 heteroatoms. The molecule has 3 aliphatic rings. The van der Waals surface area contributed by atoms with E-state index < -0.39 is 31.6 Å². The summed E-state index contributed by atoms with van der Waals surface area (Å²) in [7, 11) is -2.27. The van der Waals surface area contributed by atoms with Crippen LogP contribution >= 0.6 is 0 Å². The topological polar surface area (TPSA) is 111 Å². The summed E-state index contributed by atoms with van der Waals surface area (Å²) in [5.74, 6) is -1.20. The number of para-hydroxylation sites is 1. The van der Waals surface area contributed by atoms with E-state index >= 15 is 0 Å². The zero-order valence-electron chi connectivity index (χ0n) is 16.3. The quantitative estimate of drug-likeness (QED) is 0.573. The van der Waals surface area contributed by atoms with Crippen molar-refractivity contribution in [3.8, 4) is 0 Å². The first-order valence-corrected chi connectivity index (χ1v) is 11.0. The molecule has 4 rings (SSSR count). The lowest BCUT2D eigenvalue weighted by Crippen LogP contribution is -2.47. The van der Waals surface area contributed by atoms with E-state index in [1.54, 1.807) is 42.9 Å². The highest BCUT2D eigenvalue weighted by molar-refractivity contribution is 8.10. The predicted octanol–water partition coefficient (Wildman–Crippen LogP) is 1.01. The van der Waals surface area contributed by atoms with Crippen molar-refractivity contribution in [2.45, 2.75) is 43.9 Å². The van der Waals surface area contributed by atoms with Crippen LogP contribution in [0.2, 0.25) is 0 Å². The van der Waals surface area contributed by atoms with Crippen molar-refractivity contribution >= 4 is 43.8 Å². The number of hydrazone groups is 1. The smallest absolute Gasteiger partial charge is 0.331 e. The Bertz CT molecular complexity index is 1080. The van der Waals surface area contributed by atoms with E-state index in [4.69, 9.17) is 0 Å². The zero-order chi connectivity index (χ0) is 20.8. The summed E-state index contributed by atoms with van der Waals surface area (Å²) in [4.78, 5) is 24.0. The fraction of sp³-hybridized carbons (Fsp3) is 0.421. The monoisotopic (exact) mass is 416 g/mol. The van der Waals surface area contributed by atoms with Gasteiger partial charge >= 0.3 is 5.91 Å². The van der Waals surface area contributed by atoms with Gasteiger partial charge in [0.25, 0.3) is 5.91 Å². The number of hydrogen-bond acceptors (Lipinski definition) is 6. The molecular weight excluding hydrogens is 394 g/mol. The van der Waals surface area contributed by atoms with Crippen molar-refractivity contribution in [3.63, 3.8) is 0 Å². The van der Waals surface area contributed by atoms with Crippen LogP contribution in [0.1, 0.15) is 39.0 Å². The molecule has 1 saturated carbocycles. The molecule has 1 aromatic rings. The lowest BCUT2D eigenvalue weighted by molar-refractivity contribution is -0.495.